The van der Waals surface area contributed by atoms with Crippen molar-refractivity contribution in [3.05, 3.63) is 23.8 Å². The van der Waals surface area contributed by atoms with Crippen LogP contribution in [0.2, 0.25) is 0 Å². The fraction of sp³-hybridized carbons (Fsp3) is 0.533. The van der Waals surface area contributed by atoms with E-state index in [4.69, 9.17) is 18.9 Å². The van der Waals surface area contributed by atoms with Crippen LogP contribution in [-0.4, -0.2) is 38.5 Å². The first-order valence-electron chi connectivity index (χ1n) is 7.02. The molecule has 1 aromatic rings. The van der Waals surface area contributed by atoms with Crippen LogP contribution in [0, 0.1) is 0 Å². The number of ether oxygens (including phenoxy) is 4. The molecule has 2 aliphatic heterocycles. The highest BCUT2D eigenvalue weighted by Crippen LogP contribution is 2.34. The van der Waals surface area contributed by atoms with Gasteiger partial charge in [0.05, 0.1) is 6.10 Å². The second-order valence-electron chi connectivity index (χ2n) is 4.92. The summed E-state index contributed by atoms with van der Waals surface area (Å²) >= 11 is 0. The molecule has 20 heavy (non-hydrogen) atoms. The molecule has 1 atom stereocenters. The van der Waals surface area contributed by atoms with E-state index in [1.165, 1.54) is 0 Å². The number of esters is 1. The predicted molar refractivity (Wildman–Crippen MR) is 71.3 cm³/mol. The molecule has 5 heteroatoms. The van der Waals surface area contributed by atoms with Gasteiger partial charge in [-0.25, -0.2) is 4.79 Å². The van der Waals surface area contributed by atoms with Gasteiger partial charge in [0.2, 0.25) is 0 Å². The van der Waals surface area contributed by atoms with Gasteiger partial charge in [0.1, 0.15) is 25.4 Å². The monoisotopic (exact) mass is 278 g/mol. The van der Waals surface area contributed by atoms with Crippen LogP contribution in [0.4, 0.5) is 0 Å². The van der Waals surface area contributed by atoms with E-state index in [0.717, 1.165) is 25.9 Å². The number of para-hydroxylation sites is 1. The minimum absolute atomic E-state index is 0.0180. The molecule has 5 nitrogen and oxygen atoms in total. The van der Waals surface area contributed by atoms with E-state index in [0.29, 0.717) is 36.9 Å². The van der Waals surface area contributed by atoms with Crippen LogP contribution in [0.3, 0.4) is 0 Å². The molecule has 0 saturated carbocycles. The summed E-state index contributed by atoms with van der Waals surface area (Å²) in [5.74, 6) is 0.689. The Morgan fingerprint density at radius 1 is 1.20 bits per heavy atom. The largest absolute Gasteiger partial charge is 0.486 e. The van der Waals surface area contributed by atoms with Crippen LogP contribution < -0.4 is 9.47 Å². The van der Waals surface area contributed by atoms with Crippen LogP contribution >= 0.6 is 0 Å². The topological polar surface area (TPSA) is 54.0 Å². The van der Waals surface area contributed by atoms with Crippen molar-refractivity contribution in [2.75, 3.05) is 26.4 Å². The van der Waals surface area contributed by atoms with Crippen molar-refractivity contribution in [3.8, 4) is 11.5 Å². The third kappa shape index (κ3) is 2.88. The van der Waals surface area contributed by atoms with Gasteiger partial charge in [-0.05, 0) is 31.4 Å². The molecule has 3 rings (SSSR count). The Bertz CT molecular complexity index is 479. The molecule has 1 aromatic carbocycles. The van der Waals surface area contributed by atoms with Gasteiger partial charge in [0.25, 0.3) is 0 Å². The molecule has 0 N–H and O–H groups in total. The molecule has 0 bridgehead atoms. The summed E-state index contributed by atoms with van der Waals surface area (Å²) in [5.41, 5.74) is 0.415. The van der Waals surface area contributed by atoms with Crippen molar-refractivity contribution in [2.45, 2.75) is 25.4 Å². The zero-order valence-electron chi connectivity index (χ0n) is 11.3. The second kappa shape index (κ2) is 6.13. The Labute approximate surface area is 117 Å². The zero-order chi connectivity index (χ0) is 13.8. The van der Waals surface area contributed by atoms with Crippen LogP contribution in [0.15, 0.2) is 18.2 Å². The molecular weight excluding hydrogens is 260 g/mol. The van der Waals surface area contributed by atoms with Gasteiger partial charge in [-0.2, -0.15) is 0 Å². The lowest BCUT2D eigenvalue weighted by molar-refractivity contribution is -0.0302. The third-order valence-corrected chi connectivity index (χ3v) is 3.46. The number of carbonyl (C=O) groups is 1. The highest BCUT2D eigenvalue weighted by atomic mass is 16.6. The number of benzene rings is 1. The number of hydrogen-bond acceptors (Lipinski definition) is 5. The average Bonchev–Trinajstić information content (AvgIpc) is 2.53. The van der Waals surface area contributed by atoms with E-state index >= 15 is 0 Å². The second-order valence-corrected chi connectivity index (χ2v) is 4.92. The van der Waals surface area contributed by atoms with E-state index in [1.54, 1.807) is 18.2 Å². The molecule has 0 aliphatic carbocycles. The maximum atomic E-state index is 12.1. The molecule has 2 heterocycles. The minimum atomic E-state index is -0.387. The number of carbonyl (C=O) groups excluding carboxylic acids is 1. The lowest BCUT2D eigenvalue weighted by Gasteiger charge is -2.23. The van der Waals surface area contributed by atoms with E-state index in [9.17, 15) is 4.79 Å². The minimum Gasteiger partial charge on any atom is -0.486 e. The molecule has 1 saturated heterocycles. The fourth-order valence-corrected chi connectivity index (χ4v) is 2.42. The maximum Gasteiger partial charge on any atom is 0.342 e. The van der Waals surface area contributed by atoms with Crippen LogP contribution in [0.5, 0.6) is 11.5 Å². The summed E-state index contributed by atoms with van der Waals surface area (Å²) in [4.78, 5) is 12.1. The first kappa shape index (κ1) is 13.2. The van der Waals surface area contributed by atoms with Crippen molar-refractivity contribution >= 4 is 5.97 Å². The maximum absolute atomic E-state index is 12.1. The summed E-state index contributed by atoms with van der Waals surface area (Å²) in [6.45, 7) is 1.99. The lowest BCUT2D eigenvalue weighted by Crippen LogP contribution is -2.26. The predicted octanol–water partition coefficient (Wildman–Crippen LogP) is 2.18. The smallest absolute Gasteiger partial charge is 0.342 e. The average molecular weight is 278 g/mol. The van der Waals surface area contributed by atoms with Gasteiger partial charge in [-0.1, -0.05) is 6.07 Å². The molecule has 0 aromatic heterocycles. The molecular formula is C15H18O5. The van der Waals surface area contributed by atoms with Gasteiger partial charge in [-0.15, -0.1) is 0 Å². The van der Waals surface area contributed by atoms with Gasteiger partial charge < -0.3 is 18.9 Å². The molecule has 1 fully saturated rings. The Kier molecular flexibility index (Phi) is 4.06. The highest BCUT2D eigenvalue weighted by molar-refractivity contribution is 5.93. The van der Waals surface area contributed by atoms with E-state index in [2.05, 4.69) is 0 Å². The van der Waals surface area contributed by atoms with Crippen molar-refractivity contribution < 1.29 is 23.7 Å². The number of fused-ring (bicyclic) bond motifs is 1. The van der Waals surface area contributed by atoms with Crippen molar-refractivity contribution in [1.82, 2.24) is 0 Å². The summed E-state index contributed by atoms with van der Waals surface area (Å²) in [6.07, 6.45) is 3.17. The van der Waals surface area contributed by atoms with Crippen molar-refractivity contribution in [1.29, 1.82) is 0 Å². The summed E-state index contributed by atoms with van der Waals surface area (Å²) in [5, 5.41) is 0. The van der Waals surface area contributed by atoms with Gasteiger partial charge >= 0.3 is 5.97 Å². The molecule has 0 radical (unpaired) electrons. The molecule has 0 amide bonds. The highest BCUT2D eigenvalue weighted by Gasteiger charge is 2.23. The molecule has 108 valence electrons. The molecule has 2 aliphatic rings. The van der Waals surface area contributed by atoms with Crippen LogP contribution in [0.25, 0.3) is 0 Å². The first-order valence-corrected chi connectivity index (χ1v) is 7.02. The zero-order valence-corrected chi connectivity index (χ0v) is 11.3. The summed E-state index contributed by atoms with van der Waals surface area (Å²) in [7, 11) is 0. The Morgan fingerprint density at radius 3 is 2.95 bits per heavy atom. The SMILES string of the molecule is O=C(OCC1CCCCO1)c1cccc2c1OCCO2. The Hall–Kier alpha value is -1.75. The fourth-order valence-electron chi connectivity index (χ4n) is 2.42. The van der Waals surface area contributed by atoms with Crippen LogP contribution in [-0.2, 0) is 9.47 Å². The van der Waals surface area contributed by atoms with Gasteiger partial charge in [-0.3, -0.25) is 0 Å². The standard InChI is InChI=1S/C15H18O5/c16-15(20-10-11-4-1-2-7-17-11)12-5-3-6-13-14(12)19-9-8-18-13/h3,5-6,11H,1-2,4,7-10H2. The van der Waals surface area contributed by atoms with E-state index in [1.807, 2.05) is 0 Å². The lowest BCUT2D eigenvalue weighted by atomic mass is 10.1. The molecule has 1 unspecified atom stereocenters. The Morgan fingerprint density at radius 2 is 2.10 bits per heavy atom. The normalized spacial score (nSPS) is 21.3. The summed E-state index contributed by atoms with van der Waals surface area (Å²) in [6, 6.07) is 5.24. The van der Waals surface area contributed by atoms with Crippen LogP contribution in [0.1, 0.15) is 29.6 Å². The number of hydrogen-bond donors (Lipinski definition) is 0. The quantitative estimate of drug-likeness (QED) is 0.793. The first-order chi connectivity index (χ1) is 9.84. The van der Waals surface area contributed by atoms with Gasteiger partial charge in [0.15, 0.2) is 11.5 Å². The van der Waals surface area contributed by atoms with Crippen molar-refractivity contribution in [3.63, 3.8) is 0 Å². The van der Waals surface area contributed by atoms with Crippen molar-refractivity contribution in [2.24, 2.45) is 0 Å². The number of rotatable bonds is 3. The third-order valence-electron chi connectivity index (χ3n) is 3.46. The van der Waals surface area contributed by atoms with E-state index in [-0.39, 0.29) is 12.1 Å². The molecule has 0 spiro atoms. The van der Waals surface area contributed by atoms with Gasteiger partial charge in [0, 0.05) is 6.61 Å². The Balaban J connectivity index is 1.64. The summed E-state index contributed by atoms with van der Waals surface area (Å²) < 4.78 is 21.8. The van der Waals surface area contributed by atoms with E-state index < -0.39 is 0 Å².